The number of hydrogen-bond acceptors (Lipinski definition) is 2. The fourth-order valence-electron chi connectivity index (χ4n) is 6.26. The summed E-state index contributed by atoms with van der Waals surface area (Å²) < 4.78 is 0. The van der Waals surface area contributed by atoms with E-state index >= 15 is 0 Å². The molecule has 7 rings (SSSR count). The topological polar surface area (TPSA) is 0 Å². The molecule has 0 spiro atoms. The molecule has 3 aromatic carbocycles. The van der Waals surface area contributed by atoms with Gasteiger partial charge in [0.15, 0.2) is 0 Å². The van der Waals surface area contributed by atoms with Gasteiger partial charge in [0.25, 0.3) is 0 Å². The summed E-state index contributed by atoms with van der Waals surface area (Å²) in [4.78, 5) is 5.25. The molecule has 0 atom stereocenters. The van der Waals surface area contributed by atoms with Gasteiger partial charge in [-0.15, -0.1) is 22.7 Å². The Bertz CT molecular complexity index is 2140. The van der Waals surface area contributed by atoms with E-state index in [-0.39, 0.29) is 0 Å². The summed E-state index contributed by atoms with van der Waals surface area (Å²) in [5.41, 5.74) is 7.69. The first-order valence-corrected chi connectivity index (χ1v) is 17.5. The van der Waals surface area contributed by atoms with E-state index in [1.165, 1.54) is 74.5 Å². The van der Waals surface area contributed by atoms with Crippen LogP contribution in [-0.4, -0.2) is 0 Å². The summed E-state index contributed by atoms with van der Waals surface area (Å²) in [6, 6.07) is 25.2. The Hall–Kier alpha value is -4.50. The Kier molecular flexibility index (Phi) is 8.60. The van der Waals surface area contributed by atoms with Crippen molar-refractivity contribution in [3.8, 4) is 20.2 Å². The predicted molar refractivity (Wildman–Crippen MR) is 203 cm³/mol. The van der Waals surface area contributed by atoms with E-state index in [4.69, 9.17) is 0 Å². The van der Waals surface area contributed by atoms with Crippen LogP contribution in [0.15, 0.2) is 146 Å². The van der Waals surface area contributed by atoms with Gasteiger partial charge in [-0.3, -0.25) is 0 Å². The zero-order valence-electron chi connectivity index (χ0n) is 25.8. The first-order chi connectivity index (χ1) is 22.2. The first-order valence-electron chi connectivity index (χ1n) is 15.8. The summed E-state index contributed by atoms with van der Waals surface area (Å²) in [5, 5.41) is 5.17. The van der Waals surface area contributed by atoms with Crippen molar-refractivity contribution in [2.24, 2.45) is 0 Å². The van der Waals surface area contributed by atoms with Gasteiger partial charge >= 0.3 is 0 Å². The van der Waals surface area contributed by atoms with E-state index in [2.05, 4.69) is 160 Å². The van der Waals surface area contributed by atoms with Crippen LogP contribution >= 0.6 is 22.7 Å². The molecular formula is C43H36S2. The lowest BCUT2D eigenvalue weighted by Gasteiger charge is -2.19. The Labute approximate surface area is 274 Å². The first kappa shape index (κ1) is 29.2. The lowest BCUT2D eigenvalue weighted by atomic mass is 9.84. The van der Waals surface area contributed by atoms with E-state index < -0.39 is 0 Å². The Morgan fingerprint density at radius 1 is 0.667 bits per heavy atom. The van der Waals surface area contributed by atoms with E-state index in [0.717, 1.165) is 19.3 Å². The van der Waals surface area contributed by atoms with Gasteiger partial charge in [0.2, 0.25) is 0 Å². The predicted octanol–water partition coefficient (Wildman–Crippen LogP) is 13.6. The largest absolute Gasteiger partial charge is 0.134 e. The number of fused-ring (bicyclic) bond motifs is 2. The minimum absolute atomic E-state index is 0.954. The third-order valence-electron chi connectivity index (χ3n) is 8.43. The molecule has 0 saturated heterocycles. The molecule has 0 unspecified atom stereocenters. The van der Waals surface area contributed by atoms with Crippen LogP contribution in [0.4, 0.5) is 0 Å². The van der Waals surface area contributed by atoms with Crippen molar-refractivity contribution < 1.29 is 0 Å². The zero-order valence-corrected chi connectivity index (χ0v) is 27.4. The molecule has 2 aliphatic carbocycles. The SMILES string of the molecule is C/C=C(\C=C/CC)c1ccc(-c2ccc(-c3ccc4c(C5=CC=CCC=C5)c5ccccc5c(C5=CC=CCC=C5)c4c3)s2)s1. The zero-order chi connectivity index (χ0) is 30.6. The summed E-state index contributed by atoms with van der Waals surface area (Å²) >= 11 is 3.76. The van der Waals surface area contributed by atoms with E-state index in [1.54, 1.807) is 0 Å². The highest BCUT2D eigenvalue weighted by molar-refractivity contribution is 7.24. The van der Waals surface area contributed by atoms with Gasteiger partial charge in [0.1, 0.15) is 0 Å². The van der Waals surface area contributed by atoms with Crippen molar-refractivity contribution >= 4 is 60.9 Å². The Morgan fingerprint density at radius 3 is 1.98 bits per heavy atom. The highest BCUT2D eigenvalue weighted by atomic mass is 32.1. The third kappa shape index (κ3) is 5.84. The summed E-state index contributed by atoms with van der Waals surface area (Å²) in [6.07, 6.45) is 32.2. The van der Waals surface area contributed by atoms with Gasteiger partial charge in [-0.25, -0.2) is 0 Å². The second-order valence-corrected chi connectivity index (χ2v) is 13.5. The minimum atomic E-state index is 0.954. The van der Waals surface area contributed by atoms with Gasteiger partial charge in [-0.2, -0.15) is 0 Å². The van der Waals surface area contributed by atoms with Crippen molar-refractivity contribution in [2.75, 3.05) is 0 Å². The normalized spacial score (nSPS) is 15.2. The molecule has 0 amide bonds. The van der Waals surface area contributed by atoms with Crippen LogP contribution in [0.5, 0.6) is 0 Å². The molecule has 0 N–H and O–H groups in total. The molecule has 45 heavy (non-hydrogen) atoms. The fraction of sp³-hybridized carbons (Fsp3) is 0.116. The molecular weight excluding hydrogens is 581 g/mol. The summed E-state index contributed by atoms with van der Waals surface area (Å²) in [7, 11) is 0. The van der Waals surface area contributed by atoms with E-state index in [9.17, 15) is 0 Å². The lowest BCUT2D eigenvalue weighted by Crippen LogP contribution is -1.95. The molecule has 0 nitrogen and oxygen atoms in total. The number of allylic oxidation sites excluding steroid dienone is 16. The van der Waals surface area contributed by atoms with Crippen LogP contribution in [0.1, 0.15) is 49.1 Å². The average Bonchev–Trinajstić information content (AvgIpc) is 3.59. The van der Waals surface area contributed by atoms with Gasteiger partial charge in [-0.1, -0.05) is 122 Å². The van der Waals surface area contributed by atoms with Crippen LogP contribution in [0.3, 0.4) is 0 Å². The van der Waals surface area contributed by atoms with Crippen molar-refractivity contribution in [3.63, 3.8) is 0 Å². The minimum Gasteiger partial charge on any atom is -0.134 e. The van der Waals surface area contributed by atoms with Crippen molar-refractivity contribution in [1.82, 2.24) is 0 Å². The molecule has 2 heteroatoms. The summed E-state index contributed by atoms with van der Waals surface area (Å²) in [5.74, 6) is 0. The Morgan fingerprint density at radius 2 is 1.29 bits per heavy atom. The molecule has 0 bridgehead atoms. The number of benzene rings is 3. The second kappa shape index (κ2) is 13.2. The average molecular weight is 617 g/mol. The van der Waals surface area contributed by atoms with Crippen LogP contribution in [0.25, 0.3) is 58.5 Å². The number of hydrogen-bond donors (Lipinski definition) is 0. The van der Waals surface area contributed by atoms with Crippen LogP contribution < -0.4 is 0 Å². The number of rotatable bonds is 7. The van der Waals surface area contributed by atoms with Crippen molar-refractivity contribution in [2.45, 2.75) is 33.1 Å². The molecule has 0 saturated carbocycles. The lowest BCUT2D eigenvalue weighted by molar-refractivity contribution is 1.23. The quantitative estimate of drug-likeness (QED) is 0.126. The molecule has 2 aliphatic rings. The van der Waals surface area contributed by atoms with Crippen molar-refractivity contribution in [3.05, 3.63) is 162 Å². The second-order valence-electron chi connectivity index (χ2n) is 11.3. The molecule has 0 aliphatic heterocycles. The van der Waals surface area contributed by atoms with Crippen molar-refractivity contribution in [1.29, 1.82) is 0 Å². The standard InChI is InChI=1S/C43H36S2/c1-3-5-16-30(4-2)38-25-27-40(44-38)41-28-26-39(45-41)33-23-24-36-37(29-33)43(32-19-12-8-9-13-20-32)35-22-15-14-21-34(35)42(36)31-17-10-6-7-11-18-31/h4-6,8,10-29H,3,7,9H2,1-2H3/b16-5-,30-4+. The number of thiophene rings is 2. The maximum Gasteiger partial charge on any atom is 0.0449 e. The highest BCUT2D eigenvalue weighted by Crippen LogP contribution is 2.44. The van der Waals surface area contributed by atoms with Crippen LogP contribution in [0, 0.1) is 0 Å². The molecule has 0 radical (unpaired) electrons. The van der Waals surface area contributed by atoms with E-state index in [1.807, 2.05) is 22.7 Å². The molecule has 5 aromatic rings. The van der Waals surface area contributed by atoms with Gasteiger partial charge in [0, 0.05) is 19.5 Å². The van der Waals surface area contributed by atoms with Gasteiger partial charge in [-0.05, 0) is 111 Å². The monoisotopic (exact) mass is 616 g/mol. The third-order valence-corrected chi connectivity index (χ3v) is 10.9. The molecule has 2 heterocycles. The van der Waals surface area contributed by atoms with Gasteiger partial charge in [0.05, 0.1) is 0 Å². The van der Waals surface area contributed by atoms with Crippen LogP contribution in [-0.2, 0) is 0 Å². The maximum absolute atomic E-state index is 2.43. The van der Waals surface area contributed by atoms with Crippen LogP contribution in [0.2, 0.25) is 0 Å². The van der Waals surface area contributed by atoms with E-state index in [0.29, 0.717) is 0 Å². The molecule has 220 valence electrons. The Balaban J connectivity index is 1.40. The van der Waals surface area contributed by atoms with Gasteiger partial charge < -0.3 is 0 Å². The molecule has 0 fully saturated rings. The fourth-order valence-corrected chi connectivity index (χ4v) is 8.42. The summed E-state index contributed by atoms with van der Waals surface area (Å²) in [6.45, 7) is 4.30. The molecule has 2 aromatic heterocycles. The maximum atomic E-state index is 2.43. The highest BCUT2D eigenvalue weighted by Gasteiger charge is 2.19. The smallest absolute Gasteiger partial charge is 0.0449 e.